The second-order valence-electron chi connectivity index (χ2n) is 5.99. The maximum Gasteiger partial charge on any atom is 0.238 e. The van der Waals surface area contributed by atoms with Gasteiger partial charge in [-0.3, -0.25) is 0 Å². The molecule has 4 N–H and O–H groups in total. The van der Waals surface area contributed by atoms with Crippen LogP contribution in [0.3, 0.4) is 0 Å². The lowest BCUT2D eigenvalue weighted by atomic mass is 10.1. The second-order valence-corrected chi connectivity index (χ2v) is 7.55. The van der Waals surface area contributed by atoms with Gasteiger partial charge in [-0.2, -0.15) is 0 Å². The van der Waals surface area contributed by atoms with Crippen molar-refractivity contribution in [2.45, 2.75) is 31.7 Å². The lowest BCUT2D eigenvalue weighted by Gasteiger charge is -2.12. The predicted octanol–water partition coefficient (Wildman–Crippen LogP) is 2.56. The molecule has 0 amide bonds. The Morgan fingerprint density at radius 2 is 1.74 bits per heavy atom. The molecule has 0 heterocycles. The first-order chi connectivity index (χ1) is 12.4. The summed E-state index contributed by atoms with van der Waals surface area (Å²) in [4.78, 5) is 4.75. The van der Waals surface area contributed by atoms with Crippen LogP contribution in [0.25, 0.3) is 0 Å². The van der Waals surface area contributed by atoms with Gasteiger partial charge < -0.3 is 10.6 Å². The van der Waals surface area contributed by atoms with Crippen LogP contribution in [-0.4, -0.2) is 27.5 Å². The van der Waals surface area contributed by atoms with Crippen LogP contribution >= 0.6 is 24.0 Å². The van der Waals surface area contributed by atoms with Gasteiger partial charge in [-0.1, -0.05) is 36.4 Å². The number of nitrogens with zero attached hydrogens (tertiary/aromatic N) is 1. The smallest absolute Gasteiger partial charge is 0.238 e. The lowest BCUT2D eigenvalue weighted by Crippen LogP contribution is -2.38. The molecule has 0 aliphatic carbocycles. The highest BCUT2D eigenvalue weighted by atomic mass is 127. The molecule has 0 aliphatic heterocycles. The molecule has 2 rings (SSSR count). The Labute approximate surface area is 178 Å². The summed E-state index contributed by atoms with van der Waals surface area (Å²) in [5, 5.41) is 11.6. The predicted molar refractivity (Wildman–Crippen MR) is 121 cm³/mol. The topological polar surface area (TPSA) is 96.6 Å². The summed E-state index contributed by atoms with van der Waals surface area (Å²) >= 11 is 0. The number of halogens is 1. The van der Waals surface area contributed by atoms with Crippen LogP contribution in [-0.2, 0) is 23.0 Å². The van der Waals surface area contributed by atoms with Crippen molar-refractivity contribution in [3.8, 4) is 0 Å². The zero-order valence-corrected chi connectivity index (χ0v) is 18.8. The van der Waals surface area contributed by atoms with Crippen LogP contribution in [0, 0.1) is 6.92 Å². The number of primary sulfonamides is 1. The number of guanidine groups is 1. The highest BCUT2D eigenvalue weighted by Gasteiger charge is 2.06. The molecule has 2 aromatic rings. The molecule has 2 aromatic carbocycles. The van der Waals surface area contributed by atoms with E-state index < -0.39 is 10.0 Å². The molecule has 0 fully saturated rings. The van der Waals surface area contributed by atoms with Crippen molar-refractivity contribution in [2.24, 2.45) is 10.1 Å². The molecule has 0 aromatic heterocycles. The maximum atomic E-state index is 11.3. The number of hydrogen-bond acceptors (Lipinski definition) is 3. The summed E-state index contributed by atoms with van der Waals surface area (Å²) in [5.41, 5.74) is 3.45. The van der Waals surface area contributed by atoms with Gasteiger partial charge in [0.05, 0.1) is 11.4 Å². The van der Waals surface area contributed by atoms with Gasteiger partial charge in [0, 0.05) is 13.1 Å². The Kier molecular flexibility index (Phi) is 9.75. The van der Waals surface area contributed by atoms with E-state index in [1.54, 1.807) is 12.1 Å². The minimum atomic E-state index is -3.64. The average Bonchev–Trinajstić information content (AvgIpc) is 2.60. The average molecular weight is 502 g/mol. The molecular formula is C19H27IN4O2S. The molecule has 27 heavy (non-hydrogen) atoms. The third-order valence-corrected chi connectivity index (χ3v) is 4.90. The second kappa shape index (κ2) is 11.3. The van der Waals surface area contributed by atoms with Gasteiger partial charge in [0.25, 0.3) is 0 Å². The van der Waals surface area contributed by atoms with Crippen LogP contribution in [0.4, 0.5) is 0 Å². The molecule has 0 spiro atoms. The molecule has 0 bridgehead atoms. The van der Waals surface area contributed by atoms with Gasteiger partial charge in [-0.15, -0.1) is 24.0 Å². The van der Waals surface area contributed by atoms with Gasteiger partial charge >= 0.3 is 0 Å². The summed E-state index contributed by atoms with van der Waals surface area (Å²) in [6, 6.07) is 14.8. The molecule has 0 radical (unpaired) electrons. The molecule has 0 aliphatic rings. The molecule has 8 heteroatoms. The molecule has 0 atom stereocenters. The first-order valence-corrected chi connectivity index (χ1v) is 10.1. The molecule has 0 saturated heterocycles. The molecule has 0 unspecified atom stereocenters. The van der Waals surface area contributed by atoms with E-state index in [1.165, 1.54) is 23.3 Å². The normalized spacial score (nSPS) is 11.6. The van der Waals surface area contributed by atoms with Gasteiger partial charge in [-0.25, -0.2) is 18.5 Å². The fourth-order valence-electron chi connectivity index (χ4n) is 2.46. The number of aryl methyl sites for hydroxylation is 1. The van der Waals surface area contributed by atoms with E-state index in [9.17, 15) is 8.42 Å². The van der Waals surface area contributed by atoms with Crippen molar-refractivity contribution in [1.29, 1.82) is 0 Å². The number of nitrogens with one attached hydrogen (secondary N) is 2. The van der Waals surface area contributed by atoms with E-state index in [4.69, 9.17) is 5.14 Å². The number of aliphatic imine (C=N–C) groups is 1. The Balaban J connectivity index is 0.00000364. The van der Waals surface area contributed by atoms with E-state index in [-0.39, 0.29) is 28.9 Å². The van der Waals surface area contributed by atoms with Crippen LogP contribution in [0.1, 0.15) is 23.6 Å². The highest BCUT2D eigenvalue weighted by Crippen LogP contribution is 2.09. The van der Waals surface area contributed by atoms with Gasteiger partial charge in [0.2, 0.25) is 10.0 Å². The van der Waals surface area contributed by atoms with Gasteiger partial charge in [0.1, 0.15) is 0 Å². The highest BCUT2D eigenvalue weighted by molar-refractivity contribution is 14.0. The van der Waals surface area contributed by atoms with Crippen molar-refractivity contribution in [3.05, 3.63) is 65.2 Å². The molecule has 6 nitrogen and oxygen atoms in total. The van der Waals surface area contributed by atoms with E-state index in [0.717, 1.165) is 24.5 Å². The van der Waals surface area contributed by atoms with Gasteiger partial charge in [-0.05, 0) is 49.1 Å². The largest absolute Gasteiger partial charge is 0.357 e. The number of nitrogens with two attached hydrogens (primary N) is 1. The number of sulfonamides is 1. The standard InChI is InChI=1S/C19H26N4O2S.HI/c1-3-21-19(23-14-17-7-5-4-6-15(17)2)22-13-12-16-8-10-18(11-9-16)26(20,24)25;/h4-11H,3,12-14H2,1-2H3,(H2,20,24,25)(H2,21,22,23);1H. The van der Waals surface area contributed by atoms with Crippen molar-refractivity contribution in [1.82, 2.24) is 10.6 Å². The van der Waals surface area contributed by atoms with Crippen molar-refractivity contribution in [3.63, 3.8) is 0 Å². The maximum absolute atomic E-state index is 11.3. The lowest BCUT2D eigenvalue weighted by molar-refractivity contribution is 0.598. The summed E-state index contributed by atoms with van der Waals surface area (Å²) in [5.74, 6) is 0.761. The van der Waals surface area contributed by atoms with Crippen molar-refractivity contribution < 1.29 is 8.42 Å². The number of benzene rings is 2. The fourth-order valence-corrected chi connectivity index (χ4v) is 2.98. The third kappa shape index (κ3) is 7.86. The first kappa shape index (κ1) is 23.4. The zero-order chi connectivity index (χ0) is 19.0. The minimum Gasteiger partial charge on any atom is -0.357 e. The molecular weight excluding hydrogens is 475 g/mol. The minimum absolute atomic E-state index is 0. The Morgan fingerprint density at radius 3 is 2.33 bits per heavy atom. The molecule has 148 valence electrons. The summed E-state index contributed by atoms with van der Waals surface area (Å²) in [7, 11) is -3.64. The van der Waals surface area contributed by atoms with E-state index >= 15 is 0 Å². The van der Waals surface area contributed by atoms with Crippen LogP contribution in [0.5, 0.6) is 0 Å². The van der Waals surface area contributed by atoms with Crippen LogP contribution < -0.4 is 15.8 Å². The first-order valence-electron chi connectivity index (χ1n) is 8.58. The summed E-state index contributed by atoms with van der Waals surface area (Å²) in [6.45, 7) is 6.19. The number of hydrogen-bond donors (Lipinski definition) is 3. The summed E-state index contributed by atoms with van der Waals surface area (Å²) in [6.07, 6.45) is 0.750. The van der Waals surface area contributed by atoms with E-state index in [1.807, 2.05) is 19.1 Å². The Morgan fingerprint density at radius 1 is 1.07 bits per heavy atom. The Hall–Kier alpha value is -1.65. The quantitative estimate of drug-likeness (QED) is 0.308. The third-order valence-electron chi connectivity index (χ3n) is 3.97. The monoisotopic (exact) mass is 502 g/mol. The van der Waals surface area contributed by atoms with Crippen molar-refractivity contribution >= 4 is 40.0 Å². The van der Waals surface area contributed by atoms with Crippen LogP contribution in [0.15, 0.2) is 58.4 Å². The summed E-state index contributed by atoms with van der Waals surface area (Å²) < 4.78 is 22.5. The van der Waals surface area contributed by atoms with Crippen molar-refractivity contribution in [2.75, 3.05) is 13.1 Å². The van der Waals surface area contributed by atoms with Gasteiger partial charge in [0.15, 0.2) is 5.96 Å². The Bertz CT molecular complexity index is 852. The molecule has 0 saturated carbocycles. The number of rotatable bonds is 7. The fraction of sp³-hybridized carbons (Fsp3) is 0.316. The van der Waals surface area contributed by atoms with E-state index in [2.05, 4.69) is 34.7 Å². The SMILES string of the molecule is CCNC(=NCc1ccccc1C)NCCc1ccc(S(N)(=O)=O)cc1.I. The van der Waals surface area contributed by atoms with E-state index in [0.29, 0.717) is 13.1 Å². The van der Waals surface area contributed by atoms with Crippen LogP contribution in [0.2, 0.25) is 0 Å². The zero-order valence-electron chi connectivity index (χ0n) is 15.6.